The molecule has 0 unspecified atom stereocenters. The molecule has 0 atom stereocenters. The van der Waals surface area contributed by atoms with E-state index in [-0.39, 0.29) is 24.7 Å². The van der Waals surface area contributed by atoms with Crippen LogP contribution in [0.1, 0.15) is 31.4 Å². The summed E-state index contributed by atoms with van der Waals surface area (Å²) in [6.07, 6.45) is 3.63. The third-order valence-corrected chi connectivity index (χ3v) is 4.95. The van der Waals surface area contributed by atoms with E-state index in [1.165, 1.54) is 0 Å². The maximum atomic E-state index is 11.9. The van der Waals surface area contributed by atoms with Crippen LogP contribution in [0.4, 0.5) is 5.69 Å². The minimum Gasteiger partial charge on any atom is -0.490 e. The van der Waals surface area contributed by atoms with Crippen molar-refractivity contribution in [2.24, 2.45) is 0 Å². The molecule has 152 valence electrons. The quantitative estimate of drug-likeness (QED) is 0.676. The fourth-order valence-corrected chi connectivity index (χ4v) is 3.60. The van der Waals surface area contributed by atoms with Crippen molar-refractivity contribution in [1.29, 1.82) is 0 Å². The second kappa shape index (κ2) is 9.71. The number of pyridine rings is 1. The van der Waals surface area contributed by atoms with Gasteiger partial charge in [0.2, 0.25) is 5.91 Å². The lowest BCUT2D eigenvalue weighted by Gasteiger charge is -2.30. The molecular weight excluding hydrogens is 358 g/mol. The van der Waals surface area contributed by atoms with Gasteiger partial charge < -0.3 is 25.3 Å². The number of amides is 1. The zero-order chi connectivity index (χ0) is 19.9. The van der Waals surface area contributed by atoms with Crippen LogP contribution in [0.2, 0.25) is 0 Å². The van der Waals surface area contributed by atoms with Crippen LogP contribution >= 0.6 is 0 Å². The number of nitrogens with zero attached hydrogens (tertiary/aromatic N) is 1. The predicted octanol–water partition coefficient (Wildman–Crippen LogP) is 2.59. The number of rotatable bonds is 8. The van der Waals surface area contributed by atoms with E-state index in [9.17, 15) is 4.79 Å². The average Bonchev–Trinajstić information content (AvgIpc) is 2.66. The van der Waals surface area contributed by atoms with Crippen molar-refractivity contribution in [3.05, 3.63) is 30.0 Å². The molecule has 1 aliphatic carbocycles. The van der Waals surface area contributed by atoms with Crippen LogP contribution in [0.3, 0.4) is 0 Å². The lowest BCUT2D eigenvalue weighted by molar-refractivity contribution is -0.127. The molecule has 0 radical (unpaired) electrons. The maximum Gasteiger partial charge on any atom is 0.246 e. The predicted molar refractivity (Wildman–Crippen MR) is 108 cm³/mol. The molecule has 7 nitrogen and oxygen atoms in total. The summed E-state index contributed by atoms with van der Waals surface area (Å²) in [4.78, 5) is 16.5. The topological polar surface area (TPSA) is 95.7 Å². The molecule has 0 spiro atoms. The van der Waals surface area contributed by atoms with Gasteiger partial charge in [-0.05, 0) is 50.8 Å². The molecule has 1 aromatic carbocycles. The summed E-state index contributed by atoms with van der Waals surface area (Å²) in [7, 11) is 1.61. The molecule has 1 aromatic heterocycles. The summed E-state index contributed by atoms with van der Waals surface area (Å²) >= 11 is 0. The van der Waals surface area contributed by atoms with Crippen molar-refractivity contribution in [1.82, 2.24) is 10.3 Å². The number of nitrogens with two attached hydrogens (primary N) is 1. The Hall–Kier alpha value is -2.38. The van der Waals surface area contributed by atoms with E-state index in [0.717, 1.165) is 48.0 Å². The fraction of sp³-hybridized carbons (Fsp3) is 0.524. The first-order chi connectivity index (χ1) is 13.6. The standard InChI is InChI=1S/C21H29N3O4/c1-14-12-17(22)21-18(23-14)4-3-5-19(21)28-16-8-6-15(7-9-16)24-20(25)13-27-11-10-26-2/h3-5,12,15-16H,6-11,13H2,1-2H3,(H2,22,23)(H,24,25)/t15-,16-. The van der Waals surface area contributed by atoms with Crippen LogP contribution in [0, 0.1) is 6.92 Å². The molecule has 1 heterocycles. The lowest BCUT2D eigenvalue weighted by atomic mass is 9.93. The Morgan fingerprint density at radius 1 is 1.25 bits per heavy atom. The zero-order valence-corrected chi connectivity index (χ0v) is 16.6. The van der Waals surface area contributed by atoms with Gasteiger partial charge in [0.25, 0.3) is 0 Å². The first kappa shape index (κ1) is 20.4. The van der Waals surface area contributed by atoms with Crippen molar-refractivity contribution < 1.29 is 19.0 Å². The summed E-state index contributed by atoms with van der Waals surface area (Å²) in [5, 5.41) is 3.91. The number of nitrogen functional groups attached to an aromatic ring is 1. The highest BCUT2D eigenvalue weighted by Crippen LogP contribution is 2.33. The maximum absolute atomic E-state index is 11.9. The van der Waals surface area contributed by atoms with E-state index in [4.69, 9.17) is 19.9 Å². The monoisotopic (exact) mass is 387 g/mol. The number of fused-ring (bicyclic) bond motifs is 1. The third kappa shape index (κ3) is 5.33. The number of aryl methyl sites for hydroxylation is 1. The van der Waals surface area contributed by atoms with Crippen molar-refractivity contribution in [3.8, 4) is 5.75 Å². The van der Waals surface area contributed by atoms with E-state index in [1.54, 1.807) is 7.11 Å². The first-order valence-corrected chi connectivity index (χ1v) is 9.75. The molecule has 0 bridgehead atoms. The Morgan fingerprint density at radius 3 is 2.79 bits per heavy atom. The van der Waals surface area contributed by atoms with E-state index >= 15 is 0 Å². The van der Waals surface area contributed by atoms with Crippen molar-refractivity contribution in [3.63, 3.8) is 0 Å². The highest BCUT2D eigenvalue weighted by atomic mass is 16.5. The van der Waals surface area contributed by atoms with Gasteiger partial charge in [-0.2, -0.15) is 0 Å². The van der Waals surface area contributed by atoms with Crippen LogP contribution in [-0.2, 0) is 14.3 Å². The number of carbonyl (C=O) groups excluding carboxylic acids is 1. The number of hydrogen-bond donors (Lipinski definition) is 2. The Labute approximate surface area is 165 Å². The smallest absolute Gasteiger partial charge is 0.246 e. The van der Waals surface area contributed by atoms with Crippen LogP contribution in [0.25, 0.3) is 10.9 Å². The summed E-state index contributed by atoms with van der Waals surface area (Å²) in [6.45, 7) is 2.92. The van der Waals surface area contributed by atoms with E-state index < -0.39 is 0 Å². The summed E-state index contributed by atoms with van der Waals surface area (Å²) in [5.74, 6) is 0.699. The molecule has 1 fully saturated rings. The van der Waals surface area contributed by atoms with E-state index in [0.29, 0.717) is 18.9 Å². The number of hydrogen-bond acceptors (Lipinski definition) is 6. The number of benzene rings is 1. The fourth-order valence-electron chi connectivity index (χ4n) is 3.60. The minimum atomic E-state index is -0.0799. The molecule has 3 N–H and O–H groups in total. The van der Waals surface area contributed by atoms with E-state index in [1.807, 2.05) is 31.2 Å². The van der Waals surface area contributed by atoms with Crippen LogP contribution in [0.5, 0.6) is 5.75 Å². The van der Waals surface area contributed by atoms with Gasteiger partial charge in [-0.1, -0.05) is 6.07 Å². The van der Waals surface area contributed by atoms with E-state index in [2.05, 4.69) is 10.3 Å². The largest absolute Gasteiger partial charge is 0.490 e. The van der Waals surface area contributed by atoms with Crippen molar-refractivity contribution >= 4 is 22.5 Å². The zero-order valence-electron chi connectivity index (χ0n) is 16.6. The summed E-state index contributed by atoms with van der Waals surface area (Å²) < 4.78 is 16.4. The van der Waals surface area contributed by atoms with Gasteiger partial charge in [0.15, 0.2) is 0 Å². The molecule has 0 saturated heterocycles. The van der Waals surface area contributed by atoms with Gasteiger partial charge in [0, 0.05) is 24.5 Å². The second-order valence-electron chi connectivity index (χ2n) is 7.21. The number of ether oxygens (including phenoxy) is 3. The molecule has 28 heavy (non-hydrogen) atoms. The van der Waals surface area contributed by atoms with Crippen molar-refractivity contribution in [2.75, 3.05) is 32.7 Å². The van der Waals surface area contributed by atoms with Crippen LogP contribution < -0.4 is 15.8 Å². The molecular formula is C21H29N3O4. The number of carbonyl (C=O) groups is 1. The molecule has 7 heteroatoms. The molecule has 1 amide bonds. The highest BCUT2D eigenvalue weighted by Gasteiger charge is 2.24. The Balaban J connectivity index is 1.51. The summed E-state index contributed by atoms with van der Waals surface area (Å²) in [6, 6.07) is 7.88. The molecule has 1 saturated carbocycles. The normalized spacial score (nSPS) is 19.5. The first-order valence-electron chi connectivity index (χ1n) is 9.75. The van der Waals surface area contributed by atoms with Crippen LogP contribution in [-0.4, -0.2) is 50.0 Å². The Kier molecular flexibility index (Phi) is 7.06. The van der Waals surface area contributed by atoms with Gasteiger partial charge >= 0.3 is 0 Å². The number of anilines is 1. The second-order valence-corrected chi connectivity index (χ2v) is 7.21. The summed E-state index contributed by atoms with van der Waals surface area (Å²) in [5.41, 5.74) is 8.64. The molecule has 0 aliphatic heterocycles. The average molecular weight is 387 g/mol. The van der Waals surface area contributed by atoms with Crippen LogP contribution in [0.15, 0.2) is 24.3 Å². The van der Waals surface area contributed by atoms with Gasteiger partial charge in [0.05, 0.1) is 30.2 Å². The number of aromatic nitrogens is 1. The lowest BCUT2D eigenvalue weighted by Crippen LogP contribution is -2.41. The SMILES string of the molecule is COCCOCC(=O)N[C@H]1CC[C@H](Oc2cccc3nc(C)cc(N)c23)CC1. The third-order valence-electron chi connectivity index (χ3n) is 4.95. The van der Waals surface area contributed by atoms with Crippen molar-refractivity contribution in [2.45, 2.75) is 44.8 Å². The molecule has 3 rings (SSSR count). The van der Waals surface area contributed by atoms with Gasteiger partial charge in [0.1, 0.15) is 12.4 Å². The number of methoxy groups -OCH3 is 1. The Bertz CT molecular complexity index is 804. The number of nitrogens with one attached hydrogen (secondary N) is 1. The molecule has 2 aromatic rings. The van der Waals surface area contributed by atoms with Gasteiger partial charge in [-0.15, -0.1) is 0 Å². The van der Waals surface area contributed by atoms with Gasteiger partial charge in [-0.3, -0.25) is 9.78 Å². The van der Waals surface area contributed by atoms with Gasteiger partial charge in [-0.25, -0.2) is 0 Å². The highest BCUT2D eigenvalue weighted by molar-refractivity contribution is 5.95. The minimum absolute atomic E-state index is 0.0709. The Morgan fingerprint density at radius 2 is 2.04 bits per heavy atom. The molecule has 1 aliphatic rings.